The van der Waals surface area contributed by atoms with E-state index < -0.39 is 6.10 Å². The fourth-order valence-electron chi connectivity index (χ4n) is 3.35. The van der Waals surface area contributed by atoms with Crippen molar-refractivity contribution in [2.75, 3.05) is 5.32 Å². The van der Waals surface area contributed by atoms with Crippen LogP contribution >= 0.6 is 27.5 Å². The third-order valence-electron chi connectivity index (χ3n) is 4.94. The third-order valence-corrected chi connectivity index (χ3v) is 5.79. The van der Waals surface area contributed by atoms with Crippen LogP contribution in [0.4, 0.5) is 5.69 Å². The maximum atomic E-state index is 12.7. The van der Waals surface area contributed by atoms with Gasteiger partial charge in [0.1, 0.15) is 5.75 Å². The van der Waals surface area contributed by atoms with Crippen LogP contribution in [-0.4, -0.2) is 24.0 Å². The lowest BCUT2D eigenvalue weighted by Crippen LogP contribution is -2.37. The molecule has 1 aliphatic rings. The van der Waals surface area contributed by atoms with Crippen LogP contribution in [0, 0.1) is 0 Å². The smallest absolute Gasteiger partial charge is 0.265 e. The molecule has 0 radical (unpaired) electrons. The summed E-state index contributed by atoms with van der Waals surface area (Å²) in [5.41, 5.74) is 0.919. The first kappa shape index (κ1) is 21.7. The first-order valence-electron chi connectivity index (χ1n) is 9.76. The number of benzene rings is 2. The largest absolute Gasteiger partial charge is 0.480 e. The van der Waals surface area contributed by atoms with Crippen LogP contribution in [0.1, 0.15) is 49.4 Å². The minimum Gasteiger partial charge on any atom is -0.480 e. The van der Waals surface area contributed by atoms with Crippen molar-refractivity contribution in [3.8, 4) is 5.75 Å². The minimum atomic E-state index is -0.762. The predicted octanol–water partition coefficient (Wildman–Crippen LogP) is 5.57. The SMILES string of the molecule is CC(Oc1ccc(Cl)cc1Br)C(=O)Nc1ccccc1C(=O)NC1CCCCC1. The summed E-state index contributed by atoms with van der Waals surface area (Å²) in [7, 11) is 0. The molecule has 2 aromatic rings. The second kappa shape index (κ2) is 10.1. The normalized spacial score (nSPS) is 15.4. The zero-order chi connectivity index (χ0) is 20.8. The average Bonchev–Trinajstić information content (AvgIpc) is 2.71. The molecule has 5 nitrogen and oxygen atoms in total. The van der Waals surface area contributed by atoms with Gasteiger partial charge in [-0.25, -0.2) is 0 Å². The topological polar surface area (TPSA) is 67.4 Å². The van der Waals surface area contributed by atoms with Crippen molar-refractivity contribution >= 4 is 45.0 Å². The number of amides is 2. The van der Waals surface area contributed by atoms with E-state index in [1.807, 2.05) is 0 Å². The Bertz CT molecular complexity index is 884. The number of anilines is 1. The Morgan fingerprint density at radius 3 is 2.59 bits per heavy atom. The molecule has 0 aliphatic heterocycles. The second-order valence-corrected chi connectivity index (χ2v) is 8.47. The average molecular weight is 480 g/mol. The van der Waals surface area contributed by atoms with Gasteiger partial charge in [-0.15, -0.1) is 0 Å². The maximum absolute atomic E-state index is 12.7. The number of rotatable bonds is 6. The number of ether oxygens (including phenoxy) is 1. The molecule has 7 heteroatoms. The van der Waals surface area contributed by atoms with Crippen LogP contribution in [0.2, 0.25) is 5.02 Å². The van der Waals surface area contributed by atoms with Gasteiger partial charge in [0.05, 0.1) is 15.7 Å². The quantitative estimate of drug-likeness (QED) is 0.569. The Morgan fingerprint density at radius 1 is 1.14 bits per heavy atom. The van der Waals surface area contributed by atoms with Gasteiger partial charge in [-0.2, -0.15) is 0 Å². The molecule has 0 spiro atoms. The molecule has 1 unspecified atom stereocenters. The van der Waals surface area contributed by atoms with Gasteiger partial charge >= 0.3 is 0 Å². The van der Waals surface area contributed by atoms with E-state index in [4.69, 9.17) is 16.3 Å². The monoisotopic (exact) mass is 478 g/mol. The highest BCUT2D eigenvalue weighted by Crippen LogP contribution is 2.29. The van der Waals surface area contributed by atoms with Gasteiger partial charge in [0, 0.05) is 11.1 Å². The molecular weight excluding hydrogens is 456 g/mol. The number of hydrogen-bond acceptors (Lipinski definition) is 3. The van der Waals surface area contributed by atoms with Crippen molar-refractivity contribution < 1.29 is 14.3 Å². The molecular formula is C22H24BrClN2O3. The number of carbonyl (C=O) groups is 2. The van der Waals surface area contributed by atoms with Gasteiger partial charge in [0.2, 0.25) is 0 Å². The van der Waals surface area contributed by atoms with Crippen LogP contribution in [-0.2, 0) is 4.79 Å². The summed E-state index contributed by atoms with van der Waals surface area (Å²) in [6, 6.07) is 12.3. The van der Waals surface area contributed by atoms with Gasteiger partial charge < -0.3 is 15.4 Å². The van der Waals surface area contributed by atoms with Crippen LogP contribution in [0.3, 0.4) is 0 Å². The number of hydrogen-bond donors (Lipinski definition) is 2. The van der Waals surface area contributed by atoms with E-state index in [0.717, 1.165) is 25.7 Å². The summed E-state index contributed by atoms with van der Waals surface area (Å²) in [6.07, 6.45) is 4.74. The number of para-hydroxylation sites is 1. The first-order valence-corrected chi connectivity index (χ1v) is 10.9. The highest BCUT2D eigenvalue weighted by Gasteiger charge is 2.21. The molecule has 2 N–H and O–H groups in total. The molecule has 1 saturated carbocycles. The van der Waals surface area contributed by atoms with E-state index in [0.29, 0.717) is 26.5 Å². The summed E-state index contributed by atoms with van der Waals surface area (Å²) >= 11 is 9.31. The van der Waals surface area contributed by atoms with E-state index in [2.05, 4.69) is 26.6 Å². The van der Waals surface area contributed by atoms with Crippen molar-refractivity contribution in [1.29, 1.82) is 0 Å². The van der Waals surface area contributed by atoms with E-state index in [-0.39, 0.29) is 17.9 Å². The summed E-state index contributed by atoms with van der Waals surface area (Å²) in [5.74, 6) is 0.00644. The van der Waals surface area contributed by atoms with Crippen molar-refractivity contribution in [2.24, 2.45) is 0 Å². The standard InChI is InChI=1S/C22H24BrClN2O3/c1-14(29-20-12-11-15(24)13-18(20)23)21(27)26-19-10-6-5-9-17(19)22(28)25-16-7-3-2-4-8-16/h5-6,9-14,16H,2-4,7-8H2,1H3,(H,25,28)(H,26,27). The van der Waals surface area contributed by atoms with E-state index >= 15 is 0 Å². The number of nitrogens with one attached hydrogen (secondary N) is 2. The molecule has 1 aliphatic carbocycles. The lowest BCUT2D eigenvalue weighted by molar-refractivity contribution is -0.122. The Balaban J connectivity index is 1.66. The minimum absolute atomic E-state index is 0.165. The predicted molar refractivity (Wildman–Crippen MR) is 119 cm³/mol. The van der Waals surface area contributed by atoms with Crippen LogP contribution in [0.25, 0.3) is 0 Å². The van der Waals surface area contributed by atoms with Crippen molar-refractivity contribution in [3.63, 3.8) is 0 Å². The van der Waals surface area contributed by atoms with Crippen molar-refractivity contribution in [1.82, 2.24) is 5.32 Å². The maximum Gasteiger partial charge on any atom is 0.265 e. The highest BCUT2D eigenvalue weighted by molar-refractivity contribution is 9.10. The van der Waals surface area contributed by atoms with E-state index in [1.54, 1.807) is 49.4 Å². The Kier molecular flexibility index (Phi) is 7.56. The molecule has 0 heterocycles. The molecule has 29 heavy (non-hydrogen) atoms. The molecule has 0 bridgehead atoms. The molecule has 1 atom stereocenters. The molecule has 1 fully saturated rings. The molecule has 0 aromatic heterocycles. The van der Waals surface area contributed by atoms with Crippen LogP contribution in [0.5, 0.6) is 5.75 Å². The molecule has 0 saturated heterocycles. The number of carbonyl (C=O) groups excluding carboxylic acids is 2. The summed E-state index contributed by atoms with van der Waals surface area (Å²) in [5, 5.41) is 6.47. The zero-order valence-corrected chi connectivity index (χ0v) is 18.6. The summed E-state index contributed by atoms with van der Waals surface area (Å²) in [6.45, 7) is 1.65. The summed E-state index contributed by atoms with van der Waals surface area (Å²) < 4.78 is 6.40. The lowest BCUT2D eigenvalue weighted by atomic mass is 9.95. The Hall–Kier alpha value is -2.05. The van der Waals surface area contributed by atoms with Crippen molar-refractivity contribution in [3.05, 3.63) is 57.5 Å². The molecule has 3 rings (SSSR count). The summed E-state index contributed by atoms with van der Waals surface area (Å²) in [4.78, 5) is 25.4. The van der Waals surface area contributed by atoms with Gasteiger partial charge in [0.15, 0.2) is 6.10 Å². The van der Waals surface area contributed by atoms with Crippen LogP contribution in [0.15, 0.2) is 46.9 Å². The fraction of sp³-hybridized carbons (Fsp3) is 0.364. The van der Waals surface area contributed by atoms with Gasteiger partial charge in [-0.1, -0.05) is 43.0 Å². The Morgan fingerprint density at radius 2 is 1.86 bits per heavy atom. The molecule has 2 aromatic carbocycles. The molecule has 2 amide bonds. The van der Waals surface area contributed by atoms with Crippen LogP contribution < -0.4 is 15.4 Å². The zero-order valence-electron chi connectivity index (χ0n) is 16.2. The second-order valence-electron chi connectivity index (χ2n) is 7.18. The first-order chi connectivity index (χ1) is 13.9. The number of halogens is 2. The van der Waals surface area contributed by atoms with E-state index in [9.17, 15) is 9.59 Å². The van der Waals surface area contributed by atoms with E-state index in [1.165, 1.54) is 6.42 Å². The Labute approximate surface area is 184 Å². The lowest BCUT2D eigenvalue weighted by Gasteiger charge is -2.23. The van der Waals surface area contributed by atoms with Gasteiger partial charge in [0.25, 0.3) is 11.8 Å². The van der Waals surface area contributed by atoms with Gasteiger partial charge in [-0.05, 0) is 66.0 Å². The molecule has 154 valence electrons. The highest BCUT2D eigenvalue weighted by atomic mass is 79.9. The van der Waals surface area contributed by atoms with Crippen molar-refractivity contribution in [2.45, 2.75) is 51.2 Å². The fourth-order valence-corrected chi connectivity index (χ4v) is 4.13. The van der Waals surface area contributed by atoms with Gasteiger partial charge in [-0.3, -0.25) is 9.59 Å². The third kappa shape index (κ3) is 5.97.